The number of aromatic nitrogens is 3. The molecular weight excluding hydrogens is 280 g/mol. The number of fused-ring (bicyclic) bond motifs is 1. The molecule has 0 saturated carbocycles. The molecule has 1 aliphatic carbocycles. The quantitative estimate of drug-likeness (QED) is 0.933. The number of hydrogen-bond donors (Lipinski definition) is 1. The number of carbonyl (C=O) groups is 1. The van der Waals surface area contributed by atoms with Crippen molar-refractivity contribution in [3.8, 4) is 0 Å². The standard InChI is InChI=1S/C16H20N4O2/c1-10-12-5-3-4-6-14(12)20-15(19-10)7-8-17-16(21)13-9-18-22-11(13)2/h9H,3-8H2,1-2H3,(H,17,21). The van der Waals surface area contributed by atoms with Crippen molar-refractivity contribution < 1.29 is 9.32 Å². The summed E-state index contributed by atoms with van der Waals surface area (Å²) in [5.41, 5.74) is 4.07. The number of carbonyl (C=O) groups excluding carboxylic acids is 1. The normalized spacial score (nSPS) is 13.7. The Morgan fingerprint density at radius 1 is 1.27 bits per heavy atom. The fourth-order valence-electron chi connectivity index (χ4n) is 2.86. The summed E-state index contributed by atoms with van der Waals surface area (Å²) < 4.78 is 4.89. The summed E-state index contributed by atoms with van der Waals surface area (Å²) in [4.78, 5) is 21.2. The van der Waals surface area contributed by atoms with Gasteiger partial charge in [-0.15, -0.1) is 0 Å². The molecule has 0 unspecified atom stereocenters. The van der Waals surface area contributed by atoms with Crippen LogP contribution in [0.1, 0.15) is 51.7 Å². The van der Waals surface area contributed by atoms with Crippen molar-refractivity contribution >= 4 is 5.91 Å². The van der Waals surface area contributed by atoms with E-state index >= 15 is 0 Å². The van der Waals surface area contributed by atoms with Gasteiger partial charge in [0.15, 0.2) is 0 Å². The first-order valence-electron chi connectivity index (χ1n) is 7.70. The van der Waals surface area contributed by atoms with Gasteiger partial charge in [0.2, 0.25) is 0 Å². The van der Waals surface area contributed by atoms with Crippen molar-refractivity contribution in [1.29, 1.82) is 0 Å². The molecule has 2 aromatic heterocycles. The highest BCUT2D eigenvalue weighted by Gasteiger charge is 2.16. The zero-order valence-corrected chi connectivity index (χ0v) is 13.0. The molecule has 0 spiro atoms. The molecule has 0 atom stereocenters. The molecule has 3 rings (SSSR count). The third-order valence-corrected chi connectivity index (χ3v) is 4.07. The molecule has 0 radical (unpaired) electrons. The second-order valence-corrected chi connectivity index (χ2v) is 5.66. The Morgan fingerprint density at radius 3 is 2.86 bits per heavy atom. The van der Waals surface area contributed by atoms with Gasteiger partial charge in [-0.3, -0.25) is 4.79 Å². The van der Waals surface area contributed by atoms with Crippen LogP contribution in [0.15, 0.2) is 10.7 Å². The zero-order chi connectivity index (χ0) is 15.5. The Morgan fingerprint density at radius 2 is 2.09 bits per heavy atom. The van der Waals surface area contributed by atoms with Crippen LogP contribution < -0.4 is 5.32 Å². The van der Waals surface area contributed by atoms with Crippen LogP contribution in [0.25, 0.3) is 0 Å². The minimum absolute atomic E-state index is 0.173. The maximum absolute atomic E-state index is 12.0. The summed E-state index contributed by atoms with van der Waals surface area (Å²) in [6.45, 7) is 4.27. The molecule has 1 amide bonds. The Labute approximate surface area is 129 Å². The third kappa shape index (κ3) is 3.00. The van der Waals surface area contributed by atoms with Crippen LogP contribution >= 0.6 is 0 Å². The second kappa shape index (κ2) is 6.25. The van der Waals surface area contributed by atoms with Crippen LogP contribution in [0, 0.1) is 13.8 Å². The maximum atomic E-state index is 12.0. The van der Waals surface area contributed by atoms with Gasteiger partial charge >= 0.3 is 0 Å². The summed E-state index contributed by atoms with van der Waals surface area (Å²) in [6.07, 6.45) is 6.62. The van der Waals surface area contributed by atoms with E-state index in [-0.39, 0.29) is 5.91 Å². The van der Waals surface area contributed by atoms with E-state index in [1.54, 1.807) is 6.92 Å². The van der Waals surface area contributed by atoms with Gasteiger partial charge in [0, 0.05) is 24.4 Å². The van der Waals surface area contributed by atoms with Crippen LogP contribution in [0.4, 0.5) is 0 Å². The van der Waals surface area contributed by atoms with E-state index in [1.807, 2.05) is 0 Å². The van der Waals surface area contributed by atoms with E-state index in [2.05, 4.69) is 27.4 Å². The molecule has 0 bridgehead atoms. The number of hydrogen-bond acceptors (Lipinski definition) is 5. The summed E-state index contributed by atoms with van der Waals surface area (Å²) in [7, 11) is 0. The lowest BCUT2D eigenvalue weighted by Gasteiger charge is -2.17. The molecule has 0 saturated heterocycles. The highest BCUT2D eigenvalue weighted by Crippen LogP contribution is 2.21. The van der Waals surface area contributed by atoms with E-state index < -0.39 is 0 Å². The van der Waals surface area contributed by atoms with Gasteiger partial charge < -0.3 is 9.84 Å². The van der Waals surface area contributed by atoms with Crippen LogP contribution in [0.2, 0.25) is 0 Å². The molecule has 2 heterocycles. The van der Waals surface area contributed by atoms with Gasteiger partial charge in [0.25, 0.3) is 5.91 Å². The SMILES string of the molecule is Cc1nc(CCNC(=O)c2cnoc2C)nc2c1CCCC2. The van der Waals surface area contributed by atoms with Crippen molar-refractivity contribution in [3.05, 3.63) is 40.3 Å². The number of aryl methyl sites for hydroxylation is 3. The zero-order valence-electron chi connectivity index (χ0n) is 13.0. The maximum Gasteiger partial charge on any atom is 0.256 e. The van der Waals surface area contributed by atoms with E-state index in [4.69, 9.17) is 4.52 Å². The highest BCUT2D eigenvalue weighted by atomic mass is 16.5. The monoisotopic (exact) mass is 300 g/mol. The molecule has 0 aromatic carbocycles. The van der Waals surface area contributed by atoms with Crippen molar-refractivity contribution in [3.63, 3.8) is 0 Å². The number of nitrogens with one attached hydrogen (secondary N) is 1. The Hall–Kier alpha value is -2.24. The van der Waals surface area contributed by atoms with Crippen molar-refractivity contribution in [2.24, 2.45) is 0 Å². The Kier molecular flexibility index (Phi) is 4.18. The summed E-state index contributed by atoms with van der Waals surface area (Å²) >= 11 is 0. The molecule has 6 heteroatoms. The molecule has 1 aliphatic rings. The lowest BCUT2D eigenvalue weighted by Crippen LogP contribution is -2.26. The minimum atomic E-state index is -0.173. The van der Waals surface area contributed by atoms with Gasteiger partial charge in [-0.2, -0.15) is 0 Å². The molecule has 1 N–H and O–H groups in total. The lowest BCUT2D eigenvalue weighted by atomic mass is 9.95. The number of rotatable bonds is 4. The predicted octanol–water partition coefficient (Wildman–Crippen LogP) is 1.93. The molecular formula is C16H20N4O2. The van der Waals surface area contributed by atoms with Gasteiger partial charge in [0.05, 0.1) is 6.20 Å². The molecule has 0 aliphatic heterocycles. The van der Waals surface area contributed by atoms with Gasteiger partial charge in [0.1, 0.15) is 17.1 Å². The van der Waals surface area contributed by atoms with Crippen LogP contribution in [0.3, 0.4) is 0 Å². The average Bonchev–Trinajstić information content (AvgIpc) is 2.93. The van der Waals surface area contributed by atoms with Gasteiger partial charge in [-0.1, -0.05) is 5.16 Å². The lowest BCUT2D eigenvalue weighted by molar-refractivity contribution is 0.0952. The first kappa shape index (κ1) is 14.7. The number of nitrogens with zero attached hydrogens (tertiary/aromatic N) is 3. The van der Waals surface area contributed by atoms with Crippen LogP contribution in [0.5, 0.6) is 0 Å². The topological polar surface area (TPSA) is 80.9 Å². The van der Waals surface area contributed by atoms with Crippen molar-refractivity contribution in [2.45, 2.75) is 46.0 Å². The first-order valence-corrected chi connectivity index (χ1v) is 7.70. The Bertz CT molecular complexity index is 693. The van der Waals surface area contributed by atoms with E-state index in [0.29, 0.717) is 24.3 Å². The molecule has 0 fully saturated rings. The molecule has 6 nitrogen and oxygen atoms in total. The van der Waals surface area contributed by atoms with Crippen LogP contribution in [-0.4, -0.2) is 27.6 Å². The second-order valence-electron chi connectivity index (χ2n) is 5.66. The Balaban J connectivity index is 1.61. The summed E-state index contributed by atoms with van der Waals surface area (Å²) in [6, 6.07) is 0. The van der Waals surface area contributed by atoms with E-state index in [1.165, 1.54) is 30.3 Å². The first-order chi connectivity index (χ1) is 10.6. The summed E-state index contributed by atoms with van der Waals surface area (Å²) in [5, 5.41) is 6.46. The molecule has 2 aromatic rings. The minimum Gasteiger partial charge on any atom is -0.361 e. The largest absolute Gasteiger partial charge is 0.361 e. The third-order valence-electron chi connectivity index (χ3n) is 4.07. The summed E-state index contributed by atoms with van der Waals surface area (Å²) in [5.74, 6) is 1.16. The van der Waals surface area contributed by atoms with E-state index in [9.17, 15) is 4.79 Å². The fourth-order valence-corrected chi connectivity index (χ4v) is 2.86. The van der Waals surface area contributed by atoms with E-state index in [0.717, 1.165) is 24.4 Å². The predicted molar refractivity (Wildman–Crippen MR) is 80.7 cm³/mol. The van der Waals surface area contributed by atoms with Gasteiger partial charge in [-0.25, -0.2) is 9.97 Å². The average molecular weight is 300 g/mol. The van der Waals surface area contributed by atoms with Crippen molar-refractivity contribution in [1.82, 2.24) is 20.4 Å². The van der Waals surface area contributed by atoms with Crippen LogP contribution in [-0.2, 0) is 19.3 Å². The smallest absolute Gasteiger partial charge is 0.256 e. The van der Waals surface area contributed by atoms with Gasteiger partial charge in [-0.05, 0) is 45.1 Å². The fraction of sp³-hybridized carbons (Fsp3) is 0.500. The highest BCUT2D eigenvalue weighted by molar-refractivity contribution is 5.94. The molecule has 116 valence electrons. The van der Waals surface area contributed by atoms with Crippen molar-refractivity contribution in [2.75, 3.05) is 6.54 Å². The molecule has 22 heavy (non-hydrogen) atoms. The number of amides is 1.